The van der Waals surface area contributed by atoms with E-state index >= 15 is 0 Å². The molecule has 39 heavy (non-hydrogen) atoms. The molecule has 0 radical (unpaired) electrons. The second-order valence-electron chi connectivity index (χ2n) is 10.3. The van der Waals surface area contributed by atoms with E-state index in [2.05, 4.69) is 22.0 Å². The molecule has 0 saturated carbocycles. The number of alkyl halides is 1. The SMILES string of the molecule is CCC(NCCNC(=O)c1cc(-c2ccccc2C#N)cc(C(=O)N2CCC(F)C2)c1C)C(=O)NCC(C)C. The topological polar surface area (TPSA) is 114 Å². The van der Waals surface area contributed by atoms with Crippen LogP contribution in [0.2, 0.25) is 0 Å². The van der Waals surface area contributed by atoms with Crippen molar-refractivity contribution in [1.82, 2.24) is 20.9 Å². The van der Waals surface area contributed by atoms with Gasteiger partial charge in [0.15, 0.2) is 0 Å². The number of nitriles is 1. The number of carbonyl (C=O) groups is 3. The van der Waals surface area contributed by atoms with E-state index < -0.39 is 6.17 Å². The normalized spacial score (nSPS) is 15.6. The van der Waals surface area contributed by atoms with Gasteiger partial charge in [-0.25, -0.2) is 4.39 Å². The smallest absolute Gasteiger partial charge is 0.254 e. The van der Waals surface area contributed by atoms with Crippen molar-refractivity contribution < 1.29 is 18.8 Å². The number of likely N-dealkylation sites (tertiary alicyclic amines) is 1. The summed E-state index contributed by atoms with van der Waals surface area (Å²) in [6.45, 7) is 9.27. The molecular weight excluding hydrogens is 497 g/mol. The minimum Gasteiger partial charge on any atom is -0.354 e. The lowest BCUT2D eigenvalue weighted by molar-refractivity contribution is -0.123. The molecule has 2 aromatic carbocycles. The molecule has 8 nitrogen and oxygen atoms in total. The molecule has 3 rings (SSSR count). The highest BCUT2D eigenvalue weighted by molar-refractivity contribution is 6.04. The van der Waals surface area contributed by atoms with Gasteiger partial charge in [0.25, 0.3) is 11.8 Å². The summed E-state index contributed by atoms with van der Waals surface area (Å²) < 4.78 is 13.9. The second kappa shape index (κ2) is 13.9. The number of halogens is 1. The maximum Gasteiger partial charge on any atom is 0.254 e. The van der Waals surface area contributed by atoms with Crippen LogP contribution in [0.3, 0.4) is 0 Å². The Hall–Kier alpha value is -3.77. The Morgan fingerprint density at radius 2 is 1.85 bits per heavy atom. The average Bonchev–Trinajstić information content (AvgIpc) is 3.37. The number of amides is 3. The number of nitrogens with one attached hydrogen (secondary N) is 3. The van der Waals surface area contributed by atoms with Gasteiger partial charge in [0.2, 0.25) is 5.91 Å². The van der Waals surface area contributed by atoms with Gasteiger partial charge in [0.05, 0.1) is 24.2 Å². The van der Waals surface area contributed by atoms with Crippen molar-refractivity contribution in [3.63, 3.8) is 0 Å². The molecule has 0 spiro atoms. The maximum atomic E-state index is 13.9. The third kappa shape index (κ3) is 7.64. The molecule has 3 N–H and O–H groups in total. The minimum absolute atomic E-state index is 0.0217. The Morgan fingerprint density at radius 1 is 1.13 bits per heavy atom. The first-order valence-electron chi connectivity index (χ1n) is 13.5. The molecular formula is C30H38FN5O3. The van der Waals surface area contributed by atoms with Gasteiger partial charge >= 0.3 is 0 Å². The minimum atomic E-state index is -1.06. The molecule has 2 atom stereocenters. The van der Waals surface area contributed by atoms with Crippen molar-refractivity contribution in [2.45, 2.75) is 52.8 Å². The van der Waals surface area contributed by atoms with Crippen LogP contribution in [0.15, 0.2) is 36.4 Å². The Kier molecular flexibility index (Phi) is 10.6. The Bertz CT molecular complexity index is 1240. The molecule has 1 aliphatic rings. The first kappa shape index (κ1) is 29.8. The highest BCUT2D eigenvalue weighted by Crippen LogP contribution is 2.29. The maximum absolute atomic E-state index is 13.9. The summed E-state index contributed by atoms with van der Waals surface area (Å²) in [7, 11) is 0. The standard InChI is InChI=1S/C30H38FN5O3/c1-5-27(29(38)35-17-19(2)3)33-11-12-34-28(37)25-14-22(24-9-7-6-8-21(24)16-32)15-26(20(25)4)30(39)36-13-10-23(31)18-36/h6-9,14-15,19,23,27,33H,5,10-13,17-18H2,1-4H3,(H,34,37)(H,35,38). The average molecular weight is 536 g/mol. The first-order valence-corrected chi connectivity index (χ1v) is 13.5. The van der Waals surface area contributed by atoms with Crippen LogP contribution in [0.1, 0.15) is 65.5 Å². The lowest BCUT2D eigenvalue weighted by Crippen LogP contribution is -2.47. The van der Waals surface area contributed by atoms with Crippen LogP contribution < -0.4 is 16.0 Å². The van der Waals surface area contributed by atoms with Gasteiger partial charge in [-0.1, -0.05) is 39.0 Å². The quantitative estimate of drug-likeness (QED) is 0.381. The Morgan fingerprint density at radius 3 is 2.49 bits per heavy atom. The van der Waals surface area contributed by atoms with Gasteiger partial charge in [0, 0.05) is 37.3 Å². The number of rotatable bonds is 11. The first-order chi connectivity index (χ1) is 18.7. The summed E-state index contributed by atoms with van der Waals surface area (Å²) in [6, 6.07) is 12.1. The van der Waals surface area contributed by atoms with Gasteiger partial charge < -0.3 is 20.9 Å². The summed E-state index contributed by atoms with van der Waals surface area (Å²) in [5.41, 5.74) is 2.69. The lowest BCUT2D eigenvalue weighted by atomic mass is 9.92. The summed E-state index contributed by atoms with van der Waals surface area (Å²) in [5.74, 6) is -0.428. The monoisotopic (exact) mass is 535 g/mol. The van der Waals surface area contributed by atoms with Gasteiger partial charge in [-0.3, -0.25) is 14.4 Å². The molecule has 0 bridgehead atoms. The molecule has 1 fully saturated rings. The number of hydrogen-bond acceptors (Lipinski definition) is 5. The van der Waals surface area contributed by atoms with Crippen molar-refractivity contribution in [2.24, 2.45) is 5.92 Å². The van der Waals surface area contributed by atoms with Crippen LogP contribution in [-0.4, -0.2) is 67.6 Å². The van der Waals surface area contributed by atoms with Crippen LogP contribution in [-0.2, 0) is 4.79 Å². The second-order valence-corrected chi connectivity index (χ2v) is 10.3. The van der Waals surface area contributed by atoms with E-state index in [1.807, 2.05) is 20.8 Å². The van der Waals surface area contributed by atoms with Crippen molar-refractivity contribution in [1.29, 1.82) is 5.26 Å². The Balaban J connectivity index is 1.81. The molecule has 2 unspecified atom stereocenters. The van der Waals surface area contributed by atoms with Crippen LogP contribution in [0.4, 0.5) is 4.39 Å². The van der Waals surface area contributed by atoms with E-state index in [0.717, 1.165) is 0 Å². The van der Waals surface area contributed by atoms with Crippen molar-refractivity contribution >= 4 is 17.7 Å². The lowest BCUT2D eigenvalue weighted by Gasteiger charge is -2.20. The van der Waals surface area contributed by atoms with Gasteiger partial charge in [-0.15, -0.1) is 0 Å². The van der Waals surface area contributed by atoms with Gasteiger partial charge in [-0.05, 0) is 60.6 Å². The molecule has 9 heteroatoms. The fourth-order valence-electron chi connectivity index (χ4n) is 4.60. The van der Waals surface area contributed by atoms with Crippen molar-refractivity contribution in [2.75, 3.05) is 32.7 Å². The number of carbonyl (C=O) groups excluding carboxylic acids is 3. The molecule has 1 saturated heterocycles. The van der Waals surface area contributed by atoms with Gasteiger partial charge in [0.1, 0.15) is 6.17 Å². The van der Waals surface area contributed by atoms with Gasteiger partial charge in [-0.2, -0.15) is 5.26 Å². The molecule has 0 aliphatic carbocycles. The van der Waals surface area contributed by atoms with E-state index in [4.69, 9.17) is 0 Å². The molecule has 3 amide bonds. The molecule has 1 aliphatic heterocycles. The van der Waals surface area contributed by atoms with Crippen molar-refractivity contribution in [3.05, 3.63) is 58.7 Å². The zero-order valence-electron chi connectivity index (χ0n) is 23.1. The van der Waals surface area contributed by atoms with E-state index in [9.17, 15) is 24.0 Å². The molecule has 2 aromatic rings. The van der Waals surface area contributed by atoms with Crippen LogP contribution in [0, 0.1) is 24.2 Å². The third-order valence-electron chi connectivity index (χ3n) is 6.87. The van der Waals surface area contributed by atoms with E-state index in [1.165, 1.54) is 4.90 Å². The van der Waals surface area contributed by atoms with Crippen LogP contribution in [0.5, 0.6) is 0 Å². The van der Waals surface area contributed by atoms with E-state index in [0.29, 0.717) is 65.4 Å². The highest BCUT2D eigenvalue weighted by atomic mass is 19.1. The molecule has 0 aromatic heterocycles. The zero-order valence-corrected chi connectivity index (χ0v) is 23.1. The number of benzene rings is 2. The molecule has 1 heterocycles. The van der Waals surface area contributed by atoms with Crippen LogP contribution in [0.25, 0.3) is 11.1 Å². The predicted octanol–water partition coefficient (Wildman–Crippen LogP) is 3.59. The summed E-state index contributed by atoms with van der Waals surface area (Å²) >= 11 is 0. The fourth-order valence-corrected chi connectivity index (χ4v) is 4.60. The number of hydrogen-bond donors (Lipinski definition) is 3. The Labute approximate surface area is 230 Å². The van der Waals surface area contributed by atoms with E-state index in [-0.39, 0.29) is 43.3 Å². The summed E-state index contributed by atoms with van der Waals surface area (Å²) in [5, 5.41) is 18.6. The number of nitrogens with zero attached hydrogens (tertiary/aromatic N) is 2. The predicted molar refractivity (Wildman–Crippen MR) is 149 cm³/mol. The fraction of sp³-hybridized carbons (Fsp3) is 0.467. The van der Waals surface area contributed by atoms with Crippen molar-refractivity contribution in [3.8, 4) is 17.2 Å². The zero-order chi connectivity index (χ0) is 28.5. The summed E-state index contributed by atoms with van der Waals surface area (Å²) in [6.07, 6.45) is -0.165. The summed E-state index contributed by atoms with van der Waals surface area (Å²) in [4.78, 5) is 40.5. The molecule has 208 valence electrons. The third-order valence-corrected chi connectivity index (χ3v) is 6.87. The van der Waals surface area contributed by atoms with Crippen LogP contribution >= 0.6 is 0 Å². The highest BCUT2D eigenvalue weighted by Gasteiger charge is 2.29. The largest absolute Gasteiger partial charge is 0.354 e. The van der Waals surface area contributed by atoms with E-state index in [1.54, 1.807) is 43.3 Å².